The molecule has 0 aliphatic carbocycles. The van der Waals surface area contributed by atoms with Crippen molar-refractivity contribution in [1.29, 1.82) is 0 Å². The Bertz CT molecular complexity index is 919. The molecule has 0 aromatic heterocycles. The third-order valence-electron chi connectivity index (χ3n) is 4.36. The molecule has 0 unspecified atom stereocenters. The van der Waals surface area contributed by atoms with Crippen LogP contribution < -0.4 is 15.5 Å². The lowest BCUT2D eigenvalue weighted by molar-refractivity contribution is -0.858. The van der Waals surface area contributed by atoms with Gasteiger partial charge in [-0.2, -0.15) is 0 Å². The molecule has 2 rings (SSSR count). The van der Waals surface area contributed by atoms with E-state index in [2.05, 4.69) is 10.6 Å². The topological polar surface area (TPSA) is 106 Å². The number of non-ortho nitro benzene ring substituents is 1. The van der Waals surface area contributed by atoms with Gasteiger partial charge in [0.15, 0.2) is 0 Å². The number of carbonyl (C=O) groups excluding carboxylic acids is 2. The summed E-state index contributed by atoms with van der Waals surface area (Å²) in [6, 6.07) is 12.8. The summed E-state index contributed by atoms with van der Waals surface area (Å²) >= 11 is 0. The van der Waals surface area contributed by atoms with Gasteiger partial charge in [0.25, 0.3) is 17.5 Å². The van der Waals surface area contributed by atoms with Crippen LogP contribution in [0.2, 0.25) is 0 Å². The number of quaternary nitrogens is 1. The van der Waals surface area contributed by atoms with Crippen LogP contribution >= 0.6 is 0 Å². The Morgan fingerprint density at radius 2 is 1.70 bits per heavy atom. The molecular weight excluding hydrogens is 384 g/mol. The van der Waals surface area contributed by atoms with Crippen molar-refractivity contribution in [3.63, 3.8) is 0 Å². The van der Waals surface area contributed by atoms with E-state index in [9.17, 15) is 19.7 Å². The number of nitrogens with one attached hydrogen (secondary N) is 3. The molecule has 0 atom stereocenters. The van der Waals surface area contributed by atoms with E-state index in [1.54, 1.807) is 12.1 Å². The number of hydrogen-bond acceptors (Lipinski definition) is 4. The van der Waals surface area contributed by atoms with Gasteiger partial charge in [0.2, 0.25) is 0 Å². The molecule has 158 valence electrons. The van der Waals surface area contributed by atoms with E-state index in [1.807, 2.05) is 33.2 Å². The molecule has 30 heavy (non-hydrogen) atoms. The Kier molecular flexibility index (Phi) is 8.25. The molecule has 0 fully saturated rings. The molecule has 3 N–H and O–H groups in total. The third-order valence-corrected chi connectivity index (χ3v) is 4.36. The maximum absolute atomic E-state index is 12.7. The molecule has 0 saturated carbocycles. The zero-order valence-corrected chi connectivity index (χ0v) is 17.4. The van der Waals surface area contributed by atoms with Gasteiger partial charge in [-0.1, -0.05) is 17.7 Å². The van der Waals surface area contributed by atoms with Crippen molar-refractivity contribution in [2.75, 3.05) is 27.2 Å². The average Bonchev–Trinajstić information content (AvgIpc) is 2.71. The van der Waals surface area contributed by atoms with Gasteiger partial charge in [-0.25, -0.2) is 0 Å². The SMILES string of the molecule is Cc1ccc(C(=O)N/C(=C/c2ccc([N+](=O)[O-])cc2)C(=O)NCCC[NH+](C)C)cc1. The maximum atomic E-state index is 12.7. The Labute approximate surface area is 175 Å². The highest BCUT2D eigenvalue weighted by atomic mass is 16.6. The van der Waals surface area contributed by atoms with Crippen LogP contribution in [0.25, 0.3) is 6.08 Å². The van der Waals surface area contributed by atoms with Gasteiger partial charge >= 0.3 is 0 Å². The first-order valence-electron chi connectivity index (χ1n) is 9.67. The van der Waals surface area contributed by atoms with Gasteiger partial charge in [-0.3, -0.25) is 19.7 Å². The summed E-state index contributed by atoms with van der Waals surface area (Å²) in [7, 11) is 4.06. The second-order valence-electron chi connectivity index (χ2n) is 7.29. The molecule has 8 nitrogen and oxygen atoms in total. The lowest BCUT2D eigenvalue weighted by Gasteiger charge is -2.12. The van der Waals surface area contributed by atoms with E-state index in [0.29, 0.717) is 17.7 Å². The van der Waals surface area contributed by atoms with Crippen LogP contribution in [-0.2, 0) is 4.79 Å². The number of nitro groups is 1. The Balaban J connectivity index is 2.19. The summed E-state index contributed by atoms with van der Waals surface area (Å²) in [5.74, 6) is -0.821. The number of carbonyl (C=O) groups is 2. The van der Waals surface area contributed by atoms with Crippen molar-refractivity contribution in [3.05, 3.63) is 81.0 Å². The highest BCUT2D eigenvalue weighted by Crippen LogP contribution is 2.14. The molecule has 2 amide bonds. The van der Waals surface area contributed by atoms with E-state index in [-0.39, 0.29) is 11.4 Å². The molecular formula is C22H27N4O4+. The summed E-state index contributed by atoms with van der Waals surface area (Å²) in [6.07, 6.45) is 2.30. The standard InChI is InChI=1S/C22H26N4O4/c1-16-5-9-18(10-6-16)21(27)24-20(22(28)23-13-4-14-25(2)3)15-17-7-11-19(12-8-17)26(29)30/h5-12,15H,4,13-14H2,1-3H3,(H,23,28)(H,24,27)/p+1/b20-15+. The van der Waals surface area contributed by atoms with Crippen molar-refractivity contribution < 1.29 is 19.4 Å². The summed E-state index contributed by atoms with van der Waals surface area (Å²) in [4.78, 5) is 36.9. The number of nitro benzene ring substituents is 1. The van der Waals surface area contributed by atoms with Crippen molar-refractivity contribution >= 4 is 23.6 Å². The molecule has 2 aromatic carbocycles. The summed E-state index contributed by atoms with van der Waals surface area (Å²) in [5, 5.41) is 16.3. The number of nitrogens with zero attached hydrogens (tertiary/aromatic N) is 1. The van der Waals surface area contributed by atoms with Gasteiger partial charge in [-0.15, -0.1) is 0 Å². The normalized spacial score (nSPS) is 11.3. The van der Waals surface area contributed by atoms with E-state index < -0.39 is 16.7 Å². The zero-order chi connectivity index (χ0) is 22.1. The quantitative estimate of drug-likeness (QED) is 0.250. The average molecular weight is 411 g/mol. The van der Waals surface area contributed by atoms with E-state index in [4.69, 9.17) is 0 Å². The fraction of sp³-hybridized carbons (Fsp3) is 0.273. The van der Waals surface area contributed by atoms with Crippen LogP contribution in [0.5, 0.6) is 0 Å². The Morgan fingerprint density at radius 3 is 2.27 bits per heavy atom. The fourth-order valence-corrected chi connectivity index (χ4v) is 2.66. The number of rotatable bonds is 9. The first kappa shape index (κ1) is 22.8. The Morgan fingerprint density at radius 1 is 1.07 bits per heavy atom. The van der Waals surface area contributed by atoms with Crippen LogP contribution in [0.3, 0.4) is 0 Å². The monoisotopic (exact) mass is 411 g/mol. The Hall–Kier alpha value is -3.52. The molecule has 0 aliphatic heterocycles. The van der Waals surface area contributed by atoms with Gasteiger partial charge in [-0.05, 0) is 42.8 Å². The molecule has 0 aliphatic rings. The minimum Gasteiger partial charge on any atom is -0.351 e. The third kappa shape index (κ3) is 7.14. The molecule has 0 saturated heterocycles. The van der Waals surface area contributed by atoms with Crippen molar-refractivity contribution in [2.24, 2.45) is 0 Å². The lowest BCUT2D eigenvalue weighted by atomic mass is 10.1. The molecule has 0 bridgehead atoms. The first-order valence-corrected chi connectivity index (χ1v) is 9.67. The second-order valence-corrected chi connectivity index (χ2v) is 7.29. The summed E-state index contributed by atoms with van der Waals surface area (Å²) in [5.41, 5.74) is 2.04. The number of amides is 2. The number of hydrogen-bond donors (Lipinski definition) is 3. The van der Waals surface area contributed by atoms with E-state index in [1.165, 1.54) is 35.2 Å². The number of benzene rings is 2. The molecule has 0 radical (unpaired) electrons. The number of aryl methyl sites for hydroxylation is 1. The van der Waals surface area contributed by atoms with Crippen LogP contribution in [0.1, 0.15) is 27.9 Å². The molecule has 0 spiro atoms. The van der Waals surface area contributed by atoms with Crippen LogP contribution in [0.15, 0.2) is 54.2 Å². The minimum absolute atomic E-state index is 0.0481. The van der Waals surface area contributed by atoms with Crippen LogP contribution in [-0.4, -0.2) is 43.9 Å². The highest BCUT2D eigenvalue weighted by molar-refractivity contribution is 6.05. The lowest BCUT2D eigenvalue weighted by Crippen LogP contribution is -3.05. The van der Waals surface area contributed by atoms with Gasteiger partial charge in [0, 0.05) is 30.7 Å². The zero-order valence-electron chi connectivity index (χ0n) is 17.4. The van der Waals surface area contributed by atoms with Crippen molar-refractivity contribution in [1.82, 2.24) is 10.6 Å². The van der Waals surface area contributed by atoms with Gasteiger partial charge < -0.3 is 15.5 Å². The molecule has 8 heteroatoms. The van der Waals surface area contributed by atoms with Crippen LogP contribution in [0.4, 0.5) is 5.69 Å². The first-order chi connectivity index (χ1) is 14.3. The van der Waals surface area contributed by atoms with E-state index >= 15 is 0 Å². The van der Waals surface area contributed by atoms with Gasteiger partial charge in [0.05, 0.1) is 25.6 Å². The summed E-state index contributed by atoms with van der Waals surface area (Å²) in [6.45, 7) is 3.30. The smallest absolute Gasteiger partial charge is 0.269 e. The van der Waals surface area contributed by atoms with Crippen LogP contribution in [0, 0.1) is 17.0 Å². The summed E-state index contributed by atoms with van der Waals surface area (Å²) < 4.78 is 0. The predicted molar refractivity (Wildman–Crippen MR) is 115 cm³/mol. The second kappa shape index (κ2) is 10.9. The van der Waals surface area contributed by atoms with Gasteiger partial charge in [0.1, 0.15) is 5.70 Å². The van der Waals surface area contributed by atoms with Crippen molar-refractivity contribution in [2.45, 2.75) is 13.3 Å². The maximum Gasteiger partial charge on any atom is 0.269 e. The minimum atomic E-state index is -0.493. The fourth-order valence-electron chi connectivity index (χ4n) is 2.66. The van der Waals surface area contributed by atoms with Crippen molar-refractivity contribution in [3.8, 4) is 0 Å². The molecule has 0 heterocycles. The largest absolute Gasteiger partial charge is 0.351 e. The molecule has 2 aromatic rings. The highest BCUT2D eigenvalue weighted by Gasteiger charge is 2.15. The predicted octanol–water partition coefficient (Wildman–Crippen LogP) is 1.32. The van der Waals surface area contributed by atoms with E-state index in [0.717, 1.165) is 18.5 Å².